The van der Waals surface area contributed by atoms with E-state index in [1.165, 1.54) is 25.5 Å². The van der Waals surface area contributed by atoms with E-state index in [9.17, 15) is 4.79 Å². The number of aromatic amines is 1. The van der Waals surface area contributed by atoms with Gasteiger partial charge in [0.15, 0.2) is 5.82 Å². The lowest BCUT2D eigenvalue weighted by Crippen LogP contribution is -2.32. The van der Waals surface area contributed by atoms with E-state index in [-0.39, 0.29) is 12.0 Å². The zero-order valence-electron chi connectivity index (χ0n) is 10.3. The van der Waals surface area contributed by atoms with Crippen molar-refractivity contribution in [3.8, 4) is 0 Å². The van der Waals surface area contributed by atoms with Crippen molar-refractivity contribution < 1.29 is 9.53 Å². The van der Waals surface area contributed by atoms with Crippen LogP contribution >= 0.6 is 0 Å². The first-order valence-electron chi connectivity index (χ1n) is 6.62. The highest BCUT2D eigenvalue weighted by Gasteiger charge is 2.36. The van der Waals surface area contributed by atoms with Gasteiger partial charge in [-0.3, -0.25) is 4.79 Å². The van der Waals surface area contributed by atoms with Crippen molar-refractivity contribution >= 4 is 11.7 Å². The molecular formula is C12H18N4O2. The molecule has 0 unspecified atom stereocenters. The van der Waals surface area contributed by atoms with E-state index >= 15 is 0 Å². The molecule has 3 rings (SSSR count). The number of aromatic nitrogens is 3. The molecule has 1 aromatic heterocycles. The van der Waals surface area contributed by atoms with Crippen LogP contribution in [0.15, 0.2) is 6.20 Å². The van der Waals surface area contributed by atoms with E-state index in [4.69, 9.17) is 4.74 Å². The molecule has 2 fully saturated rings. The number of carbonyl (C=O) groups excluding carboxylic acids is 1. The van der Waals surface area contributed by atoms with Gasteiger partial charge in [-0.05, 0) is 38.0 Å². The summed E-state index contributed by atoms with van der Waals surface area (Å²) in [6.07, 6.45) is 8.26. The predicted molar refractivity (Wildman–Crippen MR) is 64.9 cm³/mol. The summed E-state index contributed by atoms with van der Waals surface area (Å²) in [6.45, 7) is 0. The van der Waals surface area contributed by atoms with Gasteiger partial charge in [0, 0.05) is 0 Å². The third-order valence-corrected chi connectivity index (χ3v) is 3.63. The molecule has 2 atom stereocenters. The number of amides is 1. The third-order valence-electron chi connectivity index (χ3n) is 3.63. The molecule has 0 bridgehead atoms. The Hall–Kier alpha value is -1.43. The number of carbonyl (C=O) groups is 1. The number of nitrogens with one attached hydrogen (secondary N) is 2. The summed E-state index contributed by atoms with van der Waals surface area (Å²) in [5.74, 6) is 1.17. The molecule has 1 saturated heterocycles. The quantitative estimate of drug-likeness (QED) is 0.848. The van der Waals surface area contributed by atoms with Crippen LogP contribution in [0.3, 0.4) is 0 Å². The van der Waals surface area contributed by atoms with Gasteiger partial charge < -0.3 is 10.1 Å². The second-order valence-electron chi connectivity index (χ2n) is 5.17. The minimum absolute atomic E-state index is 0.0506. The van der Waals surface area contributed by atoms with Crippen molar-refractivity contribution in [2.45, 2.75) is 50.7 Å². The van der Waals surface area contributed by atoms with Crippen molar-refractivity contribution in [3.63, 3.8) is 0 Å². The largest absolute Gasteiger partial charge is 0.374 e. The van der Waals surface area contributed by atoms with Crippen molar-refractivity contribution in [2.75, 3.05) is 5.32 Å². The lowest BCUT2D eigenvalue weighted by molar-refractivity contribution is -0.123. The van der Waals surface area contributed by atoms with Crippen LogP contribution < -0.4 is 5.32 Å². The van der Waals surface area contributed by atoms with Crippen LogP contribution in [0.4, 0.5) is 5.82 Å². The topological polar surface area (TPSA) is 79.9 Å². The van der Waals surface area contributed by atoms with Crippen LogP contribution in [-0.2, 0) is 9.53 Å². The number of H-pyrrole nitrogens is 1. The highest BCUT2D eigenvalue weighted by molar-refractivity contribution is 5.89. The van der Waals surface area contributed by atoms with Crippen LogP contribution in [0.5, 0.6) is 0 Å². The normalized spacial score (nSPS) is 28.0. The molecule has 2 aliphatic rings. The Morgan fingerprint density at radius 2 is 2.33 bits per heavy atom. The summed E-state index contributed by atoms with van der Waals surface area (Å²) in [6, 6.07) is 0. The molecule has 2 N–H and O–H groups in total. The first-order valence-corrected chi connectivity index (χ1v) is 6.62. The van der Waals surface area contributed by atoms with E-state index < -0.39 is 0 Å². The Bertz CT molecular complexity index is 402. The monoisotopic (exact) mass is 250 g/mol. The molecule has 6 heteroatoms. The molecule has 1 saturated carbocycles. The van der Waals surface area contributed by atoms with Gasteiger partial charge in [-0.2, -0.15) is 10.3 Å². The van der Waals surface area contributed by atoms with Gasteiger partial charge in [0.05, 0.1) is 24.8 Å². The number of rotatable bonds is 4. The number of ether oxygens (including phenoxy) is 1. The number of hydrogen-bond acceptors (Lipinski definition) is 4. The number of anilines is 1. The molecule has 1 aliphatic carbocycles. The smallest absolute Gasteiger partial charge is 0.228 e. The van der Waals surface area contributed by atoms with Gasteiger partial charge in [-0.15, -0.1) is 5.10 Å². The molecule has 0 spiro atoms. The maximum atomic E-state index is 11.8. The lowest BCUT2D eigenvalue weighted by Gasteiger charge is -2.29. The molecule has 18 heavy (non-hydrogen) atoms. The average Bonchev–Trinajstić information content (AvgIpc) is 3.09. The molecular weight excluding hydrogens is 232 g/mol. The van der Waals surface area contributed by atoms with Gasteiger partial charge >= 0.3 is 0 Å². The predicted octanol–water partition coefficient (Wildman–Crippen LogP) is 1.48. The summed E-state index contributed by atoms with van der Waals surface area (Å²) in [5, 5.41) is 12.6. The molecule has 1 aliphatic heterocycles. The zero-order valence-corrected chi connectivity index (χ0v) is 10.3. The van der Waals surface area contributed by atoms with Crippen molar-refractivity contribution in [3.05, 3.63) is 6.20 Å². The summed E-state index contributed by atoms with van der Waals surface area (Å²) in [4.78, 5) is 11.8. The van der Waals surface area contributed by atoms with Crippen LogP contribution in [0, 0.1) is 5.92 Å². The first-order chi connectivity index (χ1) is 8.81. The van der Waals surface area contributed by atoms with Crippen LogP contribution in [-0.4, -0.2) is 33.5 Å². The van der Waals surface area contributed by atoms with Crippen molar-refractivity contribution in [1.29, 1.82) is 0 Å². The number of hydrogen-bond donors (Lipinski definition) is 2. The standard InChI is InChI=1S/C12H18N4O2/c17-12(14-11-7-13-16-15-11)6-9-2-1-3-10(18-9)8-4-5-8/h7-10H,1-6H2,(H2,13,14,15,16,17)/t9-,10+/m0/s1. The molecule has 6 nitrogen and oxygen atoms in total. The summed E-state index contributed by atoms with van der Waals surface area (Å²) < 4.78 is 6.00. The maximum Gasteiger partial charge on any atom is 0.228 e. The second-order valence-corrected chi connectivity index (χ2v) is 5.17. The van der Waals surface area contributed by atoms with Gasteiger partial charge in [0.1, 0.15) is 0 Å². The highest BCUT2D eigenvalue weighted by atomic mass is 16.5. The van der Waals surface area contributed by atoms with Gasteiger partial charge in [-0.1, -0.05) is 0 Å². The number of nitrogens with zero attached hydrogens (tertiary/aromatic N) is 2. The Balaban J connectivity index is 1.47. The van der Waals surface area contributed by atoms with Gasteiger partial charge in [0.2, 0.25) is 5.91 Å². The Morgan fingerprint density at radius 3 is 3.06 bits per heavy atom. The fourth-order valence-electron chi connectivity index (χ4n) is 2.56. The molecule has 2 heterocycles. The minimum Gasteiger partial charge on any atom is -0.374 e. The Labute approximate surface area is 105 Å². The molecule has 1 aromatic rings. The van der Waals surface area contributed by atoms with Crippen molar-refractivity contribution in [2.24, 2.45) is 5.92 Å². The summed E-state index contributed by atoms with van der Waals surface area (Å²) in [5.41, 5.74) is 0. The molecule has 98 valence electrons. The average molecular weight is 250 g/mol. The molecule has 0 aromatic carbocycles. The minimum atomic E-state index is -0.0506. The fraction of sp³-hybridized carbons (Fsp3) is 0.750. The molecule has 0 radical (unpaired) electrons. The highest BCUT2D eigenvalue weighted by Crippen LogP contribution is 2.39. The van der Waals surface area contributed by atoms with E-state index in [1.807, 2.05) is 0 Å². The summed E-state index contributed by atoms with van der Waals surface area (Å²) in [7, 11) is 0. The SMILES string of the molecule is O=C(C[C@@H]1CCC[C@H](C2CC2)O1)Nc1cn[nH]n1. The van der Waals surface area contributed by atoms with Crippen LogP contribution in [0.25, 0.3) is 0 Å². The lowest BCUT2D eigenvalue weighted by atomic mass is 9.99. The van der Waals surface area contributed by atoms with E-state index in [0.717, 1.165) is 18.8 Å². The van der Waals surface area contributed by atoms with E-state index in [0.29, 0.717) is 18.3 Å². The molecule has 1 amide bonds. The van der Waals surface area contributed by atoms with Crippen LogP contribution in [0.2, 0.25) is 0 Å². The van der Waals surface area contributed by atoms with E-state index in [2.05, 4.69) is 20.7 Å². The van der Waals surface area contributed by atoms with E-state index in [1.54, 1.807) is 0 Å². The fourth-order valence-corrected chi connectivity index (χ4v) is 2.56. The maximum absolute atomic E-state index is 11.8. The Kier molecular flexibility index (Phi) is 3.27. The summed E-state index contributed by atoms with van der Waals surface area (Å²) >= 11 is 0. The van der Waals surface area contributed by atoms with Gasteiger partial charge in [-0.25, -0.2) is 0 Å². The van der Waals surface area contributed by atoms with Crippen molar-refractivity contribution in [1.82, 2.24) is 15.4 Å². The van der Waals surface area contributed by atoms with Gasteiger partial charge in [0.25, 0.3) is 0 Å². The second kappa shape index (κ2) is 5.06. The third kappa shape index (κ3) is 2.87. The first kappa shape index (κ1) is 11.6. The zero-order chi connectivity index (χ0) is 12.4. The Morgan fingerprint density at radius 1 is 1.44 bits per heavy atom. The van der Waals surface area contributed by atoms with Crippen LogP contribution in [0.1, 0.15) is 38.5 Å².